The highest BCUT2D eigenvalue weighted by molar-refractivity contribution is 5.19. The molecule has 0 N–H and O–H groups in total. The van der Waals surface area contributed by atoms with Gasteiger partial charge in [0.15, 0.2) is 0 Å². The number of aromatic nitrogens is 1. The van der Waals surface area contributed by atoms with Gasteiger partial charge in [0.05, 0.1) is 0 Å². The first kappa shape index (κ1) is 16.5. The third-order valence-corrected chi connectivity index (χ3v) is 3.42. The molecule has 118 valence electrons. The van der Waals surface area contributed by atoms with Crippen molar-refractivity contribution < 1.29 is 8.78 Å². The lowest BCUT2D eigenvalue weighted by Gasteiger charge is -2.24. The van der Waals surface area contributed by atoms with Gasteiger partial charge in [-0.3, -0.25) is 9.88 Å². The standard InChI is InChI=1S/C17H21F2N3/c1-21(2)9-10-22(12-14-5-7-20-8-6-14)13-15-11-16(18)3-4-17(15)19/h3-8,11H,9-10,12-13H2,1-2H3. The SMILES string of the molecule is CN(C)CCN(Cc1ccncc1)Cc1cc(F)ccc1F. The molecular weight excluding hydrogens is 284 g/mol. The summed E-state index contributed by atoms with van der Waals surface area (Å²) in [6.45, 7) is 2.67. The van der Waals surface area contributed by atoms with Gasteiger partial charge < -0.3 is 4.90 Å². The first-order valence-electron chi connectivity index (χ1n) is 7.24. The molecule has 0 aliphatic carbocycles. The molecule has 5 heteroatoms. The van der Waals surface area contributed by atoms with Crippen molar-refractivity contribution in [1.29, 1.82) is 0 Å². The highest BCUT2D eigenvalue weighted by Gasteiger charge is 2.11. The van der Waals surface area contributed by atoms with Crippen LogP contribution < -0.4 is 0 Å². The summed E-state index contributed by atoms with van der Waals surface area (Å²) >= 11 is 0. The van der Waals surface area contributed by atoms with Crippen LogP contribution in [0, 0.1) is 11.6 Å². The molecule has 3 nitrogen and oxygen atoms in total. The fraction of sp³-hybridized carbons (Fsp3) is 0.353. The van der Waals surface area contributed by atoms with Crippen molar-refractivity contribution >= 4 is 0 Å². The van der Waals surface area contributed by atoms with E-state index in [2.05, 4.69) is 14.8 Å². The molecule has 0 unspecified atom stereocenters. The van der Waals surface area contributed by atoms with Gasteiger partial charge in [-0.05, 0) is 50.0 Å². The van der Waals surface area contributed by atoms with Crippen molar-refractivity contribution in [1.82, 2.24) is 14.8 Å². The maximum Gasteiger partial charge on any atom is 0.127 e. The minimum atomic E-state index is -0.409. The third-order valence-electron chi connectivity index (χ3n) is 3.42. The number of rotatable bonds is 7. The molecule has 1 aromatic heterocycles. The van der Waals surface area contributed by atoms with Crippen molar-refractivity contribution in [3.05, 3.63) is 65.5 Å². The van der Waals surface area contributed by atoms with Crippen LogP contribution in [0.3, 0.4) is 0 Å². The van der Waals surface area contributed by atoms with Gasteiger partial charge in [0.2, 0.25) is 0 Å². The van der Waals surface area contributed by atoms with Crippen LogP contribution >= 0.6 is 0 Å². The number of benzene rings is 1. The average molecular weight is 305 g/mol. The van der Waals surface area contributed by atoms with E-state index in [1.807, 2.05) is 26.2 Å². The fourth-order valence-corrected chi connectivity index (χ4v) is 2.21. The van der Waals surface area contributed by atoms with Crippen molar-refractivity contribution in [2.75, 3.05) is 27.2 Å². The Hall–Kier alpha value is -1.85. The van der Waals surface area contributed by atoms with Crippen LogP contribution in [-0.4, -0.2) is 42.0 Å². The monoisotopic (exact) mass is 305 g/mol. The molecule has 0 spiro atoms. The summed E-state index contributed by atoms with van der Waals surface area (Å²) in [7, 11) is 3.99. The van der Waals surface area contributed by atoms with Gasteiger partial charge in [-0.25, -0.2) is 8.78 Å². The van der Waals surface area contributed by atoms with E-state index >= 15 is 0 Å². The van der Waals surface area contributed by atoms with E-state index < -0.39 is 5.82 Å². The Morgan fingerprint density at radius 1 is 0.955 bits per heavy atom. The number of halogens is 2. The zero-order valence-electron chi connectivity index (χ0n) is 13.0. The van der Waals surface area contributed by atoms with Crippen LogP contribution in [0.25, 0.3) is 0 Å². The summed E-state index contributed by atoms with van der Waals surface area (Å²) in [6, 6.07) is 7.47. The molecule has 2 rings (SSSR count). The highest BCUT2D eigenvalue weighted by Crippen LogP contribution is 2.14. The molecule has 22 heavy (non-hydrogen) atoms. The second kappa shape index (κ2) is 7.96. The molecule has 0 saturated carbocycles. The van der Waals surface area contributed by atoms with Crippen molar-refractivity contribution in [3.63, 3.8) is 0 Å². The molecule has 1 aromatic carbocycles. The molecule has 0 fully saturated rings. The van der Waals surface area contributed by atoms with Crippen LogP contribution in [0.2, 0.25) is 0 Å². The minimum absolute atomic E-state index is 0.369. The summed E-state index contributed by atoms with van der Waals surface area (Å²) in [6.07, 6.45) is 3.48. The number of likely N-dealkylation sites (N-methyl/N-ethyl adjacent to an activating group) is 1. The lowest BCUT2D eigenvalue weighted by molar-refractivity contribution is 0.223. The molecular formula is C17H21F2N3. The molecule has 0 amide bonds. The van der Waals surface area contributed by atoms with Crippen LogP contribution in [0.1, 0.15) is 11.1 Å². The maximum absolute atomic E-state index is 13.9. The second-order valence-corrected chi connectivity index (χ2v) is 5.61. The third kappa shape index (κ3) is 5.16. The van der Waals surface area contributed by atoms with Crippen molar-refractivity contribution in [2.24, 2.45) is 0 Å². The molecule has 0 radical (unpaired) electrons. The Bertz CT molecular complexity index is 588. The van der Waals surface area contributed by atoms with E-state index in [0.29, 0.717) is 18.7 Å². The van der Waals surface area contributed by atoms with Crippen LogP contribution in [-0.2, 0) is 13.1 Å². The molecule has 0 saturated heterocycles. The first-order chi connectivity index (χ1) is 10.5. The van der Waals surface area contributed by atoms with Gasteiger partial charge in [-0.2, -0.15) is 0 Å². The average Bonchev–Trinajstić information content (AvgIpc) is 2.49. The van der Waals surface area contributed by atoms with Gasteiger partial charge in [0.25, 0.3) is 0 Å². The van der Waals surface area contributed by atoms with Gasteiger partial charge in [0.1, 0.15) is 11.6 Å². The van der Waals surface area contributed by atoms with E-state index in [0.717, 1.165) is 24.7 Å². The summed E-state index contributed by atoms with van der Waals surface area (Å²) in [5, 5.41) is 0. The predicted molar refractivity (Wildman–Crippen MR) is 83.3 cm³/mol. The smallest absolute Gasteiger partial charge is 0.127 e. The Morgan fingerprint density at radius 3 is 2.36 bits per heavy atom. The minimum Gasteiger partial charge on any atom is -0.308 e. The Balaban J connectivity index is 2.11. The van der Waals surface area contributed by atoms with E-state index in [9.17, 15) is 8.78 Å². The normalized spacial score (nSPS) is 11.4. The summed E-state index contributed by atoms with van der Waals surface area (Å²) in [4.78, 5) is 8.18. The summed E-state index contributed by atoms with van der Waals surface area (Å²) < 4.78 is 27.2. The zero-order chi connectivity index (χ0) is 15.9. The Morgan fingerprint density at radius 2 is 1.68 bits per heavy atom. The van der Waals surface area contributed by atoms with Gasteiger partial charge >= 0.3 is 0 Å². The van der Waals surface area contributed by atoms with Crippen molar-refractivity contribution in [2.45, 2.75) is 13.1 Å². The quantitative estimate of drug-likeness (QED) is 0.784. The van der Waals surface area contributed by atoms with E-state index in [-0.39, 0.29) is 5.82 Å². The van der Waals surface area contributed by atoms with E-state index in [1.165, 1.54) is 12.1 Å². The second-order valence-electron chi connectivity index (χ2n) is 5.61. The van der Waals surface area contributed by atoms with E-state index in [1.54, 1.807) is 12.4 Å². The Labute approximate surface area is 130 Å². The molecule has 0 aliphatic rings. The van der Waals surface area contributed by atoms with Gasteiger partial charge in [0, 0.05) is 44.1 Å². The molecule has 1 heterocycles. The topological polar surface area (TPSA) is 19.4 Å². The number of nitrogens with zero attached hydrogens (tertiary/aromatic N) is 3. The number of hydrogen-bond acceptors (Lipinski definition) is 3. The lowest BCUT2D eigenvalue weighted by atomic mass is 10.1. The van der Waals surface area contributed by atoms with Crippen LogP contribution in [0.15, 0.2) is 42.7 Å². The highest BCUT2D eigenvalue weighted by atomic mass is 19.1. The number of hydrogen-bond donors (Lipinski definition) is 0. The zero-order valence-corrected chi connectivity index (χ0v) is 13.0. The van der Waals surface area contributed by atoms with Crippen molar-refractivity contribution in [3.8, 4) is 0 Å². The number of pyridine rings is 1. The van der Waals surface area contributed by atoms with Gasteiger partial charge in [-0.1, -0.05) is 0 Å². The molecule has 0 atom stereocenters. The summed E-state index contributed by atoms with van der Waals surface area (Å²) in [5.41, 5.74) is 1.48. The first-order valence-corrected chi connectivity index (χ1v) is 7.24. The molecule has 0 bridgehead atoms. The maximum atomic E-state index is 13.9. The lowest BCUT2D eigenvalue weighted by Crippen LogP contribution is -2.31. The van der Waals surface area contributed by atoms with E-state index in [4.69, 9.17) is 0 Å². The Kier molecular flexibility index (Phi) is 5.98. The molecule has 2 aromatic rings. The largest absolute Gasteiger partial charge is 0.308 e. The van der Waals surface area contributed by atoms with Crippen LogP contribution in [0.4, 0.5) is 8.78 Å². The van der Waals surface area contributed by atoms with Gasteiger partial charge in [-0.15, -0.1) is 0 Å². The molecule has 0 aliphatic heterocycles. The fourth-order valence-electron chi connectivity index (χ4n) is 2.21. The van der Waals surface area contributed by atoms with Crippen LogP contribution in [0.5, 0.6) is 0 Å². The summed E-state index contributed by atoms with van der Waals surface area (Å²) in [5.74, 6) is -0.779. The predicted octanol–water partition coefficient (Wildman–Crippen LogP) is 2.92.